The fourth-order valence-electron chi connectivity index (χ4n) is 1.70. The van der Waals surface area contributed by atoms with E-state index in [4.69, 9.17) is 11.1 Å². The van der Waals surface area contributed by atoms with Gasteiger partial charge in [0.2, 0.25) is 0 Å². The molecule has 0 aromatic carbocycles. The van der Waals surface area contributed by atoms with Gasteiger partial charge in [0.15, 0.2) is 0 Å². The van der Waals surface area contributed by atoms with Gasteiger partial charge in [-0.3, -0.25) is 15.1 Å². The number of amides is 1. The molecule has 5 nitrogen and oxygen atoms in total. The minimum Gasteiger partial charge on any atom is -0.298 e. The van der Waals surface area contributed by atoms with E-state index in [1.165, 1.54) is 11.3 Å². The molecule has 1 unspecified atom stereocenters. The number of carbonyl (C=O) groups excluding carboxylic acids is 1. The van der Waals surface area contributed by atoms with Crippen molar-refractivity contribution >= 4 is 17.2 Å². The van der Waals surface area contributed by atoms with Crippen molar-refractivity contribution in [1.82, 2.24) is 10.3 Å². The molecule has 1 rings (SSSR count). The van der Waals surface area contributed by atoms with E-state index in [0.29, 0.717) is 18.0 Å². The number of nitrogens with one attached hydrogen (secondary N) is 1. The fraction of sp³-hybridized carbons (Fsp3) is 0.500. The van der Waals surface area contributed by atoms with Crippen LogP contribution in [0.1, 0.15) is 29.1 Å². The van der Waals surface area contributed by atoms with Gasteiger partial charge in [0.05, 0.1) is 16.9 Å². The smallest absolute Gasteiger partial charge is 0.275 e. The Morgan fingerprint density at radius 1 is 1.72 bits per heavy atom. The highest BCUT2D eigenvalue weighted by Crippen LogP contribution is 2.19. The Bertz CT molecular complexity index is 438. The number of hydrogen-bond donors (Lipinski definition) is 2. The first-order valence-corrected chi connectivity index (χ1v) is 6.69. The molecule has 1 atom stereocenters. The molecular formula is C12H18N4OS. The molecule has 98 valence electrons. The monoisotopic (exact) mass is 266 g/mol. The molecule has 0 bridgehead atoms. The summed E-state index contributed by atoms with van der Waals surface area (Å²) in [5.74, 6) is 4.87. The first kappa shape index (κ1) is 14.6. The van der Waals surface area contributed by atoms with Crippen molar-refractivity contribution in [2.24, 2.45) is 11.8 Å². The maximum absolute atomic E-state index is 11.5. The molecule has 0 radical (unpaired) electrons. The molecule has 1 amide bonds. The quantitative estimate of drug-likeness (QED) is 0.462. The van der Waals surface area contributed by atoms with Gasteiger partial charge in [-0.2, -0.15) is 5.26 Å². The highest BCUT2D eigenvalue weighted by molar-refractivity contribution is 7.12. The molecule has 0 aliphatic carbocycles. The second-order valence-corrected chi connectivity index (χ2v) is 5.02. The number of rotatable bonds is 6. The summed E-state index contributed by atoms with van der Waals surface area (Å²) in [5.41, 5.74) is 3.11. The maximum atomic E-state index is 11.5. The van der Waals surface area contributed by atoms with E-state index in [1.807, 2.05) is 25.3 Å². The number of nitrogens with two attached hydrogens (primary N) is 1. The summed E-state index contributed by atoms with van der Waals surface area (Å²) in [4.78, 5) is 14.3. The van der Waals surface area contributed by atoms with Crippen LogP contribution in [-0.2, 0) is 6.54 Å². The van der Waals surface area contributed by atoms with Crippen molar-refractivity contribution in [2.75, 3.05) is 13.1 Å². The predicted molar refractivity (Wildman–Crippen MR) is 71.7 cm³/mol. The first-order chi connectivity index (χ1) is 8.62. The van der Waals surface area contributed by atoms with Crippen molar-refractivity contribution in [1.29, 1.82) is 5.26 Å². The van der Waals surface area contributed by atoms with Gasteiger partial charge in [-0.1, -0.05) is 6.92 Å². The lowest BCUT2D eigenvalue weighted by molar-refractivity contribution is 0.0955. The van der Waals surface area contributed by atoms with Crippen LogP contribution in [0.3, 0.4) is 0 Å². The number of thiophene rings is 1. The molecule has 0 aliphatic rings. The minimum absolute atomic E-state index is 0.0182. The number of hydrogen-bond acceptors (Lipinski definition) is 5. The largest absolute Gasteiger partial charge is 0.298 e. The second kappa shape index (κ2) is 7.11. The van der Waals surface area contributed by atoms with Crippen LogP contribution in [0.4, 0.5) is 0 Å². The molecule has 0 spiro atoms. The van der Waals surface area contributed by atoms with Crippen LogP contribution < -0.4 is 11.3 Å². The van der Waals surface area contributed by atoms with Crippen molar-refractivity contribution < 1.29 is 4.79 Å². The summed E-state index contributed by atoms with van der Waals surface area (Å²) in [6.45, 7) is 6.13. The zero-order chi connectivity index (χ0) is 13.5. The third-order valence-corrected chi connectivity index (χ3v) is 3.63. The molecule has 1 aromatic heterocycles. The van der Waals surface area contributed by atoms with Crippen molar-refractivity contribution in [3.8, 4) is 6.07 Å². The highest BCUT2D eigenvalue weighted by Gasteiger charge is 2.15. The van der Waals surface area contributed by atoms with Gasteiger partial charge < -0.3 is 0 Å². The molecule has 0 saturated heterocycles. The predicted octanol–water partition coefficient (Wildman–Crippen LogP) is 1.33. The van der Waals surface area contributed by atoms with Crippen molar-refractivity contribution in [2.45, 2.75) is 20.4 Å². The number of carbonyl (C=O) groups is 1. The Labute approximate surface area is 111 Å². The summed E-state index contributed by atoms with van der Waals surface area (Å²) in [7, 11) is 0. The number of nitrogens with zero attached hydrogens (tertiary/aromatic N) is 2. The second-order valence-electron chi connectivity index (χ2n) is 4.11. The van der Waals surface area contributed by atoms with Crippen LogP contribution in [0.25, 0.3) is 0 Å². The maximum Gasteiger partial charge on any atom is 0.275 e. The molecule has 0 fully saturated rings. The van der Waals surface area contributed by atoms with Gasteiger partial charge in [0.1, 0.15) is 0 Å². The van der Waals surface area contributed by atoms with Crippen LogP contribution in [0.15, 0.2) is 11.4 Å². The van der Waals surface area contributed by atoms with E-state index in [9.17, 15) is 4.79 Å². The zero-order valence-electron chi connectivity index (χ0n) is 10.6. The van der Waals surface area contributed by atoms with Crippen LogP contribution >= 0.6 is 11.3 Å². The Morgan fingerprint density at radius 2 is 2.44 bits per heavy atom. The Morgan fingerprint density at radius 3 is 3.00 bits per heavy atom. The summed E-state index contributed by atoms with van der Waals surface area (Å²) in [5, 5.41) is 10.7. The lowest BCUT2D eigenvalue weighted by Gasteiger charge is -2.21. The van der Waals surface area contributed by atoms with E-state index in [1.54, 1.807) is 0 Å². The number of nitriles is 1. The Balaban J connectivity index is 2.74. The number of nitrogen functional groups attached to an aromatic ring is 1. The standard InChI is InChI=1S/C12H18N4OS/c1-3-16(7-9(2)6-13)8-10-4-5-18-11(10)12(17)15-14/h4-5,9H,3,7-8,14H2,1-2H3,(H,15,17). The van der Waals surface area contributed by atoms with Crippen LogP contribution in [0.5, 0.6) is 0 Å². The average Bonchev–Trinajstić information content (AvgIpc) is 2.84. The van der Waals surface area contributed by atoms with Crippen LogP contribution in [0, 0.1) is 17.2 Å². The SMILES string of the molecule is CCN(Cc1ccsc1C(=O)NN)CC(C)C#N. The van der Waals surface area contributed by atoms with E-state index in [2.05, 4.69) is 16.4 Å². The summed E-state index contributed by atoms with van der Waals surface area (Å²) in [6.07, 6.45) is 0. The van der Waals surface area contributed by atoms with Gasteiger partial charge in [-0.25, -0.2) is 5.84 Å². The number of hydrazine groups is 1. The van der Waals surface area contributed by atoms with Gasteiger partial charge in [0, 0.05) is 13.1 Å². The molecule has 0 saturated carbocycles. The van der Waals surface area contributed by atoms with Gasteiger partial charge in [-0.05, 0) is 30.5 Å². The van der Waals surface area contributed by atoms with Crippen LogP contribution in [-0.4, -0.2) is 23.9 Å². The Kier molecular flexibility index (Phi) is 5.78. The summed E-state index contributed by atoms with van der Waals surface area (Å²) < 4.78 is 0. The molecule has 6 heteroatoms. The minimum atomic E-state index is -0.260. The third kappa shape index (κ3) is 3.81. The molecular weight excluding hydrogens is 248 g/mol. The third-order valence-electron chi connectivity index (χ3n) is 2.68. The molecule has 0 aliphatic heterocycles. The highest BCUT2D eigenvalue weighted by atomic mass is 32.1. The lowest BCUT2D eigenvalue weighted by atomic mass is 10.1. The molecule has 3 N–H and O–H groups in total. The van der Waals surface area contributed by atoms with Crippen molar-refractivity contribution in [3.63, 3.8) is 0 Å². The van der Waals surface area contributed by atoms with E-state index in [0.717, 1.165) is 12.1 Å². The van der Waals surface area contributed by atoms with Gasteiger partial charge >= 0.3 is 0 Å². The van der Waals surface area contributed by atoms with Gasteiger partial charge in [-0.15, -0.1) is 11.3 Å². The molecule has 1 aromatic rings. The fourth-order valence-corrected chi connectivity index (χ4v) is 2.52. The van der Waals surface area contributed by atoms with Crippen molar-refractivity contribution in [3.05, 3.63) is 21.9 Å². The molecule has 18 heavy (non-hydrogen) atoms. The summed E-state index contributed by atoms with van der Waals surface area (Å²) in [6, 6.07) is 4.15. The topological polar surface area (TPSA) is 82.2 Å². The lowest BCUT2D eigenvalue weighted by Crippen LogP contribution is -2.32. The first-order valence-electron chi connectivity index (χ1n) is 5.81. The average molecular weight is 266 g/mol. The van der Waals surface area contributed by atoms with E-state index in [-0.39, 0.29) is 11.8 Å². The Hall–Kier alpha value is -1.42. The normalized spacial score (nSPS) is 12.2. The van der Waals surface area contributed by atoms with E-state index >= 15 is 0 Å². The molecule has 1 heterocycles. The van der Waals surface area contributed by atoms with Gasteiger partial charge in [0.25, 0.3) is 5.91 Å². The summed E-state index contributed by atoms with van der Waals surface area (Å²) >= 11 is 1.38. The van der Waals surface area contributed by atoms with E-state index < -0.39 is 0 Å². The van der Waals surface area contributed by atoms with Crippen LogP contribution in [0.2, 0.25) is 0 Å². The zero-order valence-corrected chi connectivity index (χ0v) is 11.5.